The number of nitrogens with one attached hydrogen (secondary N) is 1. The topological polar surface area (TPSA) is 42.7 Å². The summed E-state index contributed by atoms with van der Waals surface area (Å²) < 4.78 is 1.84. The van der Waals surface area contributed by atoms with Crippen LogP contribution in [0.2, 0.25) is 0 Å². The van der Waals surface area contributed by atoms with Crippen LogP contribution in [-0.2, 0) is 19.0 Å². The van der Waals surface area contributed by atoms with Crippen molar-refractivity contribution in [2.24, 2.45) is 7.05 Å². The molecule has 4 heteroatoms. The third-order valence-corrected chi connectivity index (χ3v) is 3.20. The van der Waals surface area contributed by atoms with Crippen LogP contribution >= 0.6 is 0 Å². The number of hydrogen-bond acceptors (Lipinski definition) is 3. The van der Waals surface area contributed by atoms with Gasteiger partial charge < -0.3 is 5.32 Å². The number of aryl methyl sites for hydroxylation is 2. The zero-order valence-corrected chi connectivity index (χ0v) is 12.4. The van der Waals surface area contributed by atoms with Gasteiger partial charge in [0.1, 0.15) is 5.82 Å². The fourth-order valence-electron chi connectivity index (χ4n) is 1.95. The van der Waals surface area contributed by atoms with Crippen LogP contribution < -0.4 is 5.32 Å². The molecular weight excluding hydrogens is 236 g/mol. The van der Waals surface area contributed by atoms with Gasteiger partial charge in [-0.25, -0.2) is 4.98 Å². The highest BCUT2D eigenvalue weighted by molar-refractivity contribution is 5.38. The van der Waals surface area contributed by atoms with Gasteiger partial charge >= 0.3 is 0 Å². The Morgan fingerprint density at radius 1 is 1.26 bits per heavy atom. The lowest BCUT2D eigenvalue weighted by atomic mass is 9.88. The lowest BCUT2D eigenvalue weighted by Crippen LogP contribution is -2.11. The maximum absolute atomic E-state index is 4.46. The van der Waals surface area contributed by atoms with Gasteiger partial charge in [-0.1, -0.05) is 26.8 Å². The van der Waals surface area contributed by atoms with Gasteiger partial charge in [-0.2, -0.15) is 5.10 Å². The molecule has 0 aliphatic carbocycles. The van der Waals surface area contributed by atoms with Gasteiger partial charge in [-0.3, -0.25) is 4.68 Å². The number of anilines is 1. The predicted octanol–water partition coefficient (Wildman–Crippen LogP) is 3.03. The Hall–Kier alpha value is -1.84. The van der Waals surface area contributed by atoms with Gasteiger partial charge in [0, 0.05) is 31.5 Å². The van der Waals surface area contributed by atoms with Crippen LogP contribution in [0.5, 0.6) is 0 Å². The molecule has 0 saturated heterocycles. The third kappa shape index (κ3) is 3.34. The Labute approximate surface area is 114 Å². The maximum Gasteiger partial charge on any atom is 0.126 e. The van der Waals surface area contributed by atoms with Crippen molar-refractivity contribution in [1.29, 1.82) is 0 Å². The fourth-order valence-corrected chi connectivity index (χ4v) is 1.95. The predicted molar refractivity (Wildman–Crippen MR) is 78.2 cm³/mol. The minimum Gasteiger partial charge on any atom is -0.366 e. The van der Waals surface area contributed by atoms with E-state index in [4.69, 9.17) is 0 Å². The first-order valence-electron chi connectivity index (χ1n) is 6.56. The Balaban J connectivity index is 2.02. The number of aromatic nitrogens is 3. The van der Waals surface area contributed by atoms with Crippen molar-refractivity contribution in [1.82, 2.24) is 14.8 Å². The first kappa shape index (κ1) is 13.6. The number of rotatable bonds is 3. The van der Waals surface area contributed by atoms with Gasteiger partial charge in [0.25, 0.3) is 0 Å². The van der Waals surface area contributed by atoms with Crippen molar-refractivity contribution in [2.45, 2.75) is 39.7 Å². The number of nitrogens with zero attached hydrogens (tertiary/aromatic N) is 3. The molecule has 0 saturated carbocycles. The lowest BCUT2D eigenvalue weighted by molar-refractivity contribution is 0.587. The standard InChI is InChI=1S/C15H22N4/c1-11-12(10-19(5)18-11)8-16-14-7-6-13(9-17-14)15(2,3)4/h6-7,9-10H,8H2,1-5H3,(H,16,17). The SMILES string of the molecule is Cc1nn(C)cc1CNc1ccc(C(C)(C)C)cn1. The summed E-state index contributed by atoms with van der Waals surface area (Å²) in [5.74, 6) is 0.899. The van der Waals surface area contributed by atoms with Crippen LogP contribution in [0, 0.1) is 6.92 Å². The van der Waals surface area contributed by atoms with Gasteiger partial charge in [-0.15, -0.1) is 0 Å². The second-order valence-electron chi connectivity index (χ2n) is 5.95. The van der Waals surface area contributed by atoms with Crippen molar-refractivity contribution < 1.29 is 0 Å². The van der Waals surface area contributed by atoms with Crippen LogP contribution in [0.3, 0.4) is 0 Å². The van der Waals surface area contributed by atoms with Crippen molar-refractivity contribution in [2.75, 3.05) is 5.32 Å². The molecule has 102 valence electrons. The van der Waals surface area contributed by atoms with Crippen molar-refractivity contribution >= 4 is 5.82 Å². The quantitative estimate of drug-likeness (QED) is 0.920. The zero-order chi connectivity index (χ0) is 14.0. The molecule has 2 aromatic heterocycles. The molecule has 0 atom stereocenters. The van der Waals surface area contributed by atoms with E-state index in [9.17, 15) is 0 Å². The summed E-state index contributed by atoms with van der Waals surface area (Å²) >= 11 is 0. The Morgan fingerprint density at radius 3 is 2.47 bits per heavy atom. The molecule has 0 aromatic carbocycles. The summed E-state index contributed by atoms with van der Waals surface area (Å²) in [4.78, 5) is 4.46. The van der Waals surface area contributed by atoms with E-state index in [1.807, 2.05) is 37.1 Å². The summed E-state index contributed by atoms with van der Waals surface area (Å²) in [6, 6.07) is 4.16. The Morgan fingerprint density at radius 2 is 2.00 bits per heavy atom. The van der Waals surface area contributed by atoms with E-state index in [1.54, 1.807) is 0 Å². The van der Waals surface area contributed by atoms with Crippen molar-refractivity contribution in [3.63, 3.8) is 0 Å². The smallest absolute Gasteiger partial charge is 0.126 e. The lowest BCUT2D eigenvalue weighted by Gasteiger charge is -2.18. The highest BCUT2D eigenvalue weighted by Gasteiger charge is 2.13. The molecule has 0 bridgehead atoms. The second-order valence-corrected chi connectivity index (χ2v) is 5.95. The molecule has 19 heavy (non-hydrogen) atoms. The third-order valence-electron chi connectivity index (χ3n) is 3.20. The molecule has 2 rings (SSSR count). The van der Waals surface area contributed by atoms with E-state index in [-0.39, 0.29) is 5.41 Å². The summed E-state index contributed by atoms with van der Waals surface area (Å²) in [5, 5.41) is 7.66. The normalized spacial score (nSPS) is 11.6. The monoisotopic (exact) mass is 258 g/mol. The highest BCUT2D eigenvalue weighted by atomic mass is 15.3. The van der Waals surface area contributed by atoms with E-state index in [0.29, 0.717) is 0 Å². The minimum atomic E-state index is 0.144. The molecule has 0 amide bonds. The first-order chi connectivity index (χ1) is 8.86. The van der Waals surface area contributed by atoms with Crippen LogP contribution in [0.1, 0.15) is 37.6 Å². The molecule has 4 nitrogen and oxygen atoms in total. The van der Waals surface area contributed by atoms with Gasteiger partial charge in [0.15, 0.2) is 0 Å². The van der Waals surface area contributed by atoms with E-state index in [2.05, 4.69) is 42.2 Å². The molecule has 0 aliphatic heterocycles. The first-order valence-corrected chi connectivity index (χ1v) is 6.56. The Bertz CT molecular complexity index is 547. The van der Waals surface area contributed by atoms with Gasteiger partial charge in [-0.05, 0) is 24.0 Å². The Kier molecular flexibility index (Phi) is 3.60. The summed E-state index contributed by atoms with van der Waals surface area (Å²) in [6.07, 6.45) is 3.98. The van der Waals surface area contributed by atoms with E-state index in [1.165, 1.54) is 11.1 Å². The van der Waals surface area contributed by atoms with Crippen molar-refractivity contribution in [3.8, 4) is 0 Å². The molecular formula is C15H22N4. The summed E-state index contributed by atoms with van der Waals surface area (Å²) in [6.45, 7) is 9.34. The fraction of sp³-hybridized carbons (Fsp3) is 0.467. The molecule has 0 fully saturated rings. The van der Waals surface area contributed by atoms with Crippen LogP contribution in [-0.4, -0.2) is 14.8 Å². The second kappa shape index (κ2) is 5.03. The van der Waals surface area contributed by atoms with E-state index in [0.717, 1.165) is 18.1 Å². The molecule has 0 spiro atoms. The van der Waals surface area contributed by atoms with Gasteiger partial charge in [0.05, 0.1) is 5.69 Å². The summed E-state index contributed by atoms with van der Waals surface area (Å²) in [7, 11) is 1.94. The van der Waals surface area contributed by atoms with E-state index < -0.39 is 0 Å². The molecule has 1 N–H and O–H groups in total. The highest BCUT2D eigenvalue weighted by Crippen LogP contribution is 2.22. The summed E-state index contributed by atoms with van der Waals surface area (Å²) in [5.41, 5.74) is 3.65. The van der Waals surface area contributed by atoms with Gasteiger partial charge in [0.2, 0.25) is 0 Å². The molecule has 0 radical (unpaired) electrons. The largest absolute Gasteiger partial charge is 0.366 e. The number of pyridine rings is 1. The average Bonchev–Trinajstić information content (AvgIpc) is 2.65. The molecule has 0 unspecified atom stereocenters. The number of hydrogen-bond donors (Lipinski definition) is 1. The zero-order valence-electron chi connectivity index (χ0n) is 12.4. The average molecular weight is 258 g/mol. The van der Waals surface area contributed by atoms with E-state index >= 15 is 0 Å². The maximum atomic E-state index is 4.46. The van der Waals surface area contributed by atoms with Crippen LogP contribution in [0.15, 0.2) is 24.5 Å². The van der Waals surface area contributed by atoms with Crippen LogP contribution in [0.25, 0.3) is 0 Å². The van der Waals surface area contributed by atoms with Crippen molar-refractivity contribution in [3.05, 3.63) is 41.3 Å². The molecule has 2 heterocycles. The molecule has 2 aromatic rings. The molecule has 0 aliphatic rings. The van der Waals surface area contributed by atoms with Crippen LogP contribution in [0.4, 0.5) is 5.82 Å². The minimum absolute atomic E-state index is 0.144.